The summed E-state index contributed by atoms with van der Waals surface area (Å²) >= 11 is 1.46. The maximum absolute atomic E-state index is 12.2. The van der Waals surface area contributed by atoms with Crippen LogP contribution < -0.4 is 5.32 Å². The molecule has 0 aliphatic heterocycles. The molecule has 0 saturated heterocycles. The zero-order chi connectivity index (χ0) is 18.5. The molecule has 0 bridgehead atoms. The van der Waals surface area contributed by atoms with Crippen LogP contribution in [0, 0.1) is 13.8 Å². The average Bonchev–Trinajstić information content (AvgIpc) is 3.21. The van der Waals surface area contributed by atoms with E-state index in [4.69, 9.17) is 4.52 Å². The molecule has 3 rings (SSSR count). The lowest BCUT2D eigenvalue weighted by Gasteiger charge is -2.01. The number of nitrogens with zero attached hydrogens (tertiary/aromatic N) is 3. The fourth-order valence-corrected chi connectivity index (χ4v) is 3.69. The van der Waals surface area contributed by atoms with Gasteiger partial charge in [0.05, 0.1) is 16.4 Å². The predicted octanol–water partition coefficient (Wildman–Crippen LogP) is 3.73. The maximum Gasteiger partial charge on any atom is 0.263 e. The molecule has 0 aliphatic carbocycles. The van der Waals surface area contributed by atoms with Gasteiger partial charge in [-0.15, -0.1) is 11.3 Å². The van der Waals surface area contributed by atoms with Crippen molar-refractivity contribution < 1.29 is 9.32 Å². The van der Waals surface area contributed by atoms with E-state index in [1.807, 2.05) is 39.0 Å². The first kappa shape index (κ1) is 18.3. The number of aromatic nitrogens is 3. The van der Waals surface area contributed by atoms with Crippen LogP contribution in [0.15, 0.2) is 28.9 Å². The highest BCUT2D eigenvalue weighted by Crippen LogP contribution is 2.26. The van der Waals surface area contributed by atoms with E-state index >= 15 is 0 Å². The lowest BCUT2D eigenvalue weighted by molar-refractivity contribution is 0.0957. The summed E-state index contributed by atoms with van der Waals surface area (Å²) in [6, 6.07) is 5.73. The molecule has 0 aliphatic rings. The predicted molar refractivity (Wildman–Crippen MR) is 101 cm³/mol. The van der Waals surface area contributed by atoms with Crippen molar-refractivity contribution >= 4 is 17.2 Å². The van der Waals surface area contributed by atoms with Crippen molar-refractivity contribution in [2.75, 3.05) is 6.54 Å². The molecule has 0 spiro atoms. The molecule has 3 heterocycles. The third-order valence-electron chi connectivity index (χ3n) is 4.06. The van der Waals surface area contributed by atoms with E-state index in [-0.39, 0.29) is 5.91 Å². The fourth-order valence-electron chi connectivity index (χ4n) is 2.71. The van der Waals surface area contributed by atoms with Crippen molar-refractivity contribution in [3.63, 3.8) is 0 Å². The molecule has 3 aromatic heterocycles. The zero-order valence-corrected chi connectivity index (χ0v) is 16.0. The molecular weight excluding hydrogens is 348 g/mol. The third-order valence-corrected chi connectivity index (χ3v) is 5.28. The standard InChI is InChI=1S/C19H22N4O2S/c1-4-10-21-19(24)18-12(2)22-16(26-18)9-8-14-13(3)25-23-17(14)15-7-5-6-11-20-15/h5-7,11H,4,8-10H2,1-3H3,(H,21,24). The zero-order valence-electron chi connectivity index (χ0n) is 15.2. The summed E-state index contributed by atoms with van der Waals surface area (Å²) in [5, 5.41) is 8.02. The largest absolute Gasteiger partial charge is 0.361 e. The molecule has 0 atom stereocenters. The number of thiazole rings is 1. The second-order valence-corrected chi connectivity index (χ2v) is 7.14. The van der Waals surface area contributed by atoms with Crippen molar-refractivity contribution in [1.29, 1.82) is 0 Å². The number of rotatable bonds is 7. The Morgan fingerprint density at radius 1 is 1.27 bits per heavy atom. The van der Waals surface area contributed by atoms with E-state index in [1.54, 1.807) is 6.20 Å². The smallest absolute Gasteiger partial charge is 0.263 e. The quantitative estimate of drug-likeness (QED) is 0.685. The number of amides is 1. The molecule has 0 saturated carbocycles. The van der Waals surface area contributed by atoms with Gasteiger partial charge in [-0.1, -0.05) is 18.1 Å². The first-order valence-corrected chi connectivity index (χ1v) is 9.52. The van der Waals surface area contributed by atoms with Crippen LogP contribution in [0.5, 0.6) is 0 Å². The van der Waals surface area contributed by atoms with E-state index in [2.05, 4.69) is 20.4 Å². The molecule has 6 nitrogen and oxygen atoms in total. The lowest BCUT2D eigenvalue weighted by atomic mass is 10.1. The Kier molecular flexibility index (Phi) is 5.78. The number of nitrogens with one attached hydrogen (secondary N) is 1. The van der Waals surface area contributed by atoms with E-state index in [0.29, 0.717) is 11.4 Å². The Morgan fingerprint density at radius 2 is 2.12 bits per heavy atom. The molecular formula is C19H22N4O2S. The van der Waals surface area contributed by atoms with Crippen LogP contribution in [0.25, 0.3) is 11.4 Å². The van der Waals surface area contributed by atoms with Crippen LogP contribution in [0.1, 0.15) is 45.0 Å². The Hall–Kier alpha value is -2.54. The topological polar surface area (TPSA) is 80.9 Å². The van der Waals surface area contributed by atoms with Crippen LogP contribution in [0.4, 0.5) is 0 Å². The molecule has 0 aromatic carbocycles. The average molecular weight is 370 g/mol. The van der Waals surface area contributed by atoms with Gasteiger partial charge in [0.2, 0.25) is 0 Å². The lowest BCUT2D eigenvalue weighted by Crippen LogP contribution is -2.23. The minimum Gasteiger partial charge on any atom is -0.361 e. The number of carbonyl (C=O) groups is 1. The second-order valence-electron chi connectivity index (χ2n) is 6.06. The highest BCUT2D eigenvalue weighted by molar-refractivity contribution is 7.13. The molecule has 26 heavy (non-hydrogen) atoms. The molecule has 1 N–H and O–H groups in total. The van der Waals surface area contributed by atoms with Crippen molar-refractivity contribution in [2.45, 2.75) is 40.0 Å². The molecule has 7 heteroatoms. The van der Waals surface area contributed by atoms with Gasteiger partial charge in [-0.25, -0.2) is 4.98 Å². The van der Waals surface area contributed by atoms with Gasteiger partial charge in [0.25, 0.3) is 5.91 Å². The minimum atomic E-state index is -0.0385. The summed E-state index contributed by atoms with van der Waals surface area (Å²) in [6.07, 6.45) is 4.13. The summed E-state index contributed by atoms with van der Waals surface area (Å²) < 4.78 is 5.38. The Balaban J connectivity index is 1.74. The summed E-state index contributed by atoms with van der Waals surface area (Å²) in [5.41, 5.74) is 3.39. The SMILES string of the molecule is CCCNC(=O)c1sc(CCc2c(-c3ccccn3)noc2C)nc1C. The van der Waals surface area contributed by atoms with Crippen molar-refractivity contribution in [3.8, 4) is 11.4 Å². The first-order valence-electron chi connectivity index (χ1n) is 8.71. The molecule has 0 radical (unpaired) electrons. The second kappa shape index (κ2) is 8.23. The summed E-state index contributed by atoms with van der Waals surface area (Å²) in [5.74, 6) is 0.753. The first-order chi connectivity index (χ1) is 12.6. The molecule has 3 aromatic rings. The van der Waals surface area contributed by atoms with Gasteiger partial charge in [-0.2, -0.15) is 0 Å². The van der Waals surface area contributed by atoms with Gasteiger partial charge in [-0.05, 0) is 38.8 Å². The van der Waals surface area contributed by atoms with Crippen LogP contribution in [0.3, 0.4) is 0 Å². The van der Waals surface area contributed by atoms with E-state index < -0.39 is 0 Å². The van der Waals surface area contributed by atoms with Gasteiger partial charge in [0.15, 0.2) is 0 Å². The molecule has 1 amide bonds. The fraction of sp³-hybridized carbons (Fsp3) is 0.368. The highest BCUT2D eigenvalue weighted by atomic mass is 32.1. The summed E-state index contributed by atoms with van der Waals surface area (Å²) in [4.78, 5) is 21.8. The van der Waals surface area contributed by atoms with Gasteiger partial charge in [-0.3, -0.25) is 9.78 Å². The highest BCUT2D eigenvalue weighted by Gasteiger charge is 2.18. The number of hydrogen-bond acceptors (Lipinski definition) is 6. The summed E-state index contributed by atoms with van der Waals surface area (Å²) in [6.45, 7) is 6.50. The summed E-state index contributed by atoms with van der Waals surface area (Å²) in [7, 11) is 0. The van der Waals surface area contributed by atoms with E-state index in [1.165, 1.54) is 11.3 Å². The molecule has 0 fully saturated rings. The number of hydrogen-bond donors (Lipinski definition) is 1. The third kappa shape index (κ3) is 3.99. The van der Waals surface area contributed by atoms with Crippen LogP contribution in [-0.4, -0.2) is 27.6 Å². The Morgan fingerprint density at radius 3 is 2.85 bits per heavy atom. The monoisotopic (exact) mass is 370 g/mol. The van der Waals surface area contributed by atoms with Crippen LogP contribution in [0.2, 0.25) is 0 Å². The van der Waals surface area contributed by atoms with Crippen LogP contribution in [-0.2, 0) is 12.8 Å². The van der Waals surface area contributed by atoms with Crippen molar-refractivity contribution in [3.05, 3.63) is 51.3 Å². The number of carbonyl (C=O) groups excluding carboxylic acids is 1. The Labute approximate surface area is 156 Å². The molecule has 0 unspecified atom stereocenters. The van der Waals surface area contributed by atoms with E-state index in [9.17, 15) is 4.79 Å². The van der Waals surface area contributed by atoms with Gasteiger partial charge >= 0.3 is 0 Å². The van der Waals surface area contributed by atoms with Gasteiger partial charge in [0, 0.05) is 24.7 Å². The normalized spacial score (nSPS) is 10.9. The molecule has 136 valence electrons. The van der Waals surface area contributed by atoms with Crippen molar-refractivity contribution in [2.24, 2.45) is 0 Å². The van der Waals surface area contributed by atoms with Gasteiger partial charge in [0.1, 0.15) is 16.3 Å². The van der Waals surface area contributed by atoms with E-state index in [0.717, 1.165) is 52.7 Å². The Bertz CT molecular complexity index is 886. The van der Waals surface area contributed by atoms with Gasteiger partial charge < -0.3 is 9.84 Å². The van der Waals surface area contributed by atoms with Crippen LogP contribution >= 0.6 is 11.3 Å². The number of pyridine rings is 1. The maximum atomic E-state index is 12.2. The number of aryl methyl sites for hydroxylation is 3. The van der Waals surface area contributed by atoms with Crippen molar-refractivity contribution in [1.82, 2.24) is 20.4 Å². The minimum absolute atomic E-state index is 0.0385.